The van der Waals surface area contributed by atoms with Gasteiger partial charge in [0, 0.05) is 30.5 Å². The fourth-order valence-electron chi connectivity index (χ4n) is 7.46. The highest BCUT2D eigenvalue weighted by atomic mass is 16.5. The molecule has 2 aliphatic rings. The van der Waals surface area contributed by atoms with Gasteiger partial charge >= 0.3 is 0 Å². The van der Waals surface area contributed by atoms with Crippen molar-refractivity contribution in [3.05, 3.63) is 120 Å². The molecule has 2 aliphatic heterocycles. The summed E-state index contributed by atoms with van der Waals surface area (Å²) in [6, 6.07) is 25.6. The fraction of sp³-hybridized carbons (Fsp3) is 0.361. The minimum absolute atomic E-state index is 0.0190. The van der Waals surface area contributed by atoms with Crippen molar-refractivity contribution >= 4 is 11.6 Å². The van der Waals surface area contributed by atoms with Gasteiger partial charge in [-0.2, -0.15) is 0 Å². The molecular weight excluding hydrogens is 552 g/mol. The van der Waals surface area contributed by atoms with E-state index in [0.717, 1.165) is 28.1 Å². The van der Waals surface area contributed by atoms with Crippen molar-refractivity contribution in [2.75, 3.05) is 18.6 Å². The molecule has 228 valence electrons. The molecule has 0 aliphatic carbocycles. The molecule has 8 heteroatoms. The Morgan fingerprint density at radius 2 is 1.80 bits per heavy atom. The number of hydrogen-bond donors (Lipinski definition) is 1. The zero-order valence-electron chi connectivity index (χ0n) is 25.8. The van der Waals surface area contributed by atoms with Crippen molar-refractivity contribution < 1.29 is 19.4 Å². The third-order valence-corrected chi connectivity index (χ3v) is 9.65. The van der Waals surface area contributed by atoms with E-state index in [1.807, 2.05) is 66.7 Å². The molecule has 0 unspecified atom stereocenters. The van der Waals surface area contributed by atoms with Gasteiger partial charge in [0.25, 0.3) is 5.91 Å². The van der Waals surface area contributed by atoms with Gasteiger partial charge in [0.2, 0.25) is 0 Å². The number of rotatable bonds is 10. The lowest BCUT2D eigenvalue weighted by molar-refractivity contribution is -0.146. The Morgan fingerprint density at radius 1 is 1.09 bits per heavy atom. The predicted octanol–water partition coefficient (Wildman–Crippen LogP) is 5.82. The maximum Gasteiger partial charge on any atom is 0.264 e. The summed E-state index contributed by atoms with van der Waals surface area (Å²) >= 11 is 0. The molecule has 0 bridgehead atoms. The Balaban J connectivity index is 1.35. The molecule has 5 atom stereocenters. The van der Waals surface area contributed by atoms with Crippen LogP contribution in [0.25, 0.3) is 0 Å². The zero-order chi connectivity index (χ0) is 31.1. The maximum absolute atomic E-state index is 14.4. The normalized spacial score (nSPS) is 23.6. The number of aliphatic hydroxyl groups excluding tert-OH is 1. The molecule has 44 heavy (non-hydrogen) atoms. The Labute approximate surface area is 258 Å². The number of amides is 1. The second-order valence-electron chi connectivity index (χ2n) is 12.4. The van der Waals surface area contributed by atoms with Crippen molar-refractivity contribution in [1.82, 2.24) is 15.0 Å². The molecule has 4 aromatic rings. The average molecular weight is 593 g/mol. The number of methoxy groups -OCH3 is 1. The van der Waals surface area contributed by atoms with Gasteiger partial charge in [-0.3, -0.25) is 9.48 Å². The molecule has 1 spiro atoms. The third kappa shape index (κ3) is 4.82. The summed E-state index contributed by atoms with van der Waals surface area (Å²) in [6.45, 7) is 11.5. The van der Waals surface area contributed by atoms with Crippen LogP contribution in [-0.2, 0) is 27.1 Å². The van der Waals surface area contributed by atoms with Crippen LogP contribution < -0.4 is 9.64 Å². The van der Waals surface area contributed by atoms with E-state index in [1.54, 1.807) is 29.0 Å². The van der Waals surface area contributed by atoms with Gasteiger partial charge in [-0.15, -0.1) is 11.7 Å². The summed E-state index contributed by atoms with van der Waals surface area (Å²) in [7, 11) is 1.67. The van der Waals surface area contributed by atoms with E-state index in [0.29, 0.717) is 25.2 Å². The highest BCUT2D eigenvalue weighted by Gasteiger charge is 2.65. The Kier molecular flexibility index (Phi) is 7.90. The Hall–Kier alpha value is -4.27. The monoisotopic (exact) mass is 592 g/mol. The van der Waals surface area contributed by atoms with Crippen molar-refractivity contribution in [1.29, 1.82) is 0 Å². The van der Waals surface area contributed by atoms with Crippen LogP contribution in [0.15, 0.2) is 97.7 Å². The first-order chi connectivity index (χ1) is 21.2. The molecule has 6 rings (SSSR count). The Morgan fingerprint density at radius 3 is 2.50 bits per heavy atom. The number of carbonyl (C=O) groups excluding carboxylic acids is 1. The molecule has 8 nitrogen and oxygen atoms in total. The van der Waals surface area contributed by atoms with Crippen LogP contribution in [0.2, 0.25) is 0 Å². The number of aromatic nitrogens is 3. The number of nitrogens with zero attached hydrogens (tertiary/aromatic N) is 4. The highest BCUT2D eigenvalue weighted by Crippen LogP contribution is 2.59. The summed E-state index contributed by atoms with van der Waals surface area (Å²) in [4.78, 5) is 16.2. The summed E-state index contributed by atoms with van der Waals surface area (Å²) in [5, 5.41) is 19.5. The molecule has 0 radical (unpaired) electrons. The molecule has 1 amide bonds. The molecule has 3 aromatic carbocycles. The minimum Gasteiger partial charge on any atom is -0.497 e. The van der Waals surface area contributed by atoms with Crippen LogP contribution in [0.1, 0.15) is 55.7 Å². The number of anilines is 1. The average Bonchev–Trinajstić information content (AvgIpc) is 3.71. The van der Waals surface area contributed by atoms with Gasteiger partial charge in [-0.1, -0.05) is 92.7 Å². The van der Waals surface area contributed by atoms with Crippen molar-refractivity contribution in [3.63, 3.8) is 0 Å². The molecule has 1 fully saturated rings. The first-order valence-electron chi connectivity index (χ1n) is 15.2. The molecule has 0 saturated carbocycles. The number of aryl methyl sites for hydroxylation is 1. The number of carbonyl (C=O) groups is 1. The summed E-state index contributed by atoms with van der Waals surface area (Å²) in [6.07, 6.45) is 3.03. The topological polar surface area (TPSA) is 89.7 Å². The van der Waals surface area contributed by atoms with Gasteiger partial charge in [0.1, 0.15) is 17.5 Å². The number of aliphatic hydroxyl groups is 1. The standard InChI is InChI=1S/C36H40N4O4/c1-6-21-40-30-15-11-10-14-28(30)36(34(40)42)24(2)32(35(3,4)26-16-18-27(43-5)19-17-26)31(44-36)20-22-39-23-29(37-38-39)33(41)25-12-8-7-9-13-25/h6-19,23-24,31-33,41H,1,20-22H2,2-5H3/t24-,31+,32-,33-,36+/m1/s1. The molecule has 1 aromatic heterocycles. The smallest absolute Gasteiger partial charge is 0.264 e. The van der Waals surface area contributed by atoms with Gasteiger partial charge < -0.3 is 19.5 Å². The predicted molar refractivity (Wildman–Crippen MR) is 169 cm³/mol. The van der Waals surface area contributed by atoms with Crippen LogP contribution in [-0.4, -0.2) is 45.8 Å². The maximum atomic E-state index is 14.4. The number of para-hydroxylation sites is 1. The summed E-state index contributed by atoms with van der Waals surface area (Å²) < 4.78 is 14.3. The minimum atomic E-state index is -1.12. The van der Waals surface area contributed by atoms with E-state index in [2.05, 4.69) is 49.8 Å². The zero-order valence-corrected chi connectivity index (χ0v) is 25.8. The SMILES string of the molecule is C=CCN1C(=O)[C@@]2(O[C@@H](CCn3cc([C@H](O)c4ccccc4)nn3)[C@H](C(C)(C)c3ccc(OC)cc3)[C@H]2C)c2ccccc21. The first kappa shape index (κ1) is 29.8. The van der Waals surface area contributed by atoms with Crippen LogP contribution >= 0.6 is 0 Å². The molecule has 1 N–H and O–H groups in total. The number of hydrogen-bond acceptors (Lipinski definition) is 6. The third-order valence-electron chi connectivity index (χ3n) is 9.65. The number of fused-ring (bicyclic) bond motifs is 2. The van der Waals surface area contributed by atoms with E-state index in [4.69, 9.17) is 9.47 Å². The number of ether oxygens (including phenoxy) is 2. The summed E-state index contributed by atoms with van der Waals surface area (Å²) in [5.41, 5.74) is 2.72. The van der Waals surface area contributed by atoms with Crippen molar-refractivity contribution in [2.45, 2.75) is 57.0 Å². The summed E-state index contributed by atoms with van der Waals surface area (Å²) in [5.74, 6) is 0.597. The largest absolute Gasteiger partial charge is 0.497 e. The van der Waals surface area contributed by atoms with Gasteiger partial charge in [0.15, 0.2) is 5.60 Å². The van der Waals surface area contributed by atoms with Crippen molar-refractivity contribution in [3.8, 4) is 5.75 Å². The lowest BCUT2D eigenvalue weighted by Crippen LogP contribution is -2.46. The van der Waals surface area contributed by atoms with E-state index in [1.165, 1.54) is 0 Å². The van der Waals surface area contributed by atoms with Crippen LogP contribution in [0.5, 0.6) is 5.75 Å². The van der Waals surface area contributed by atoms with Gasteiger partial charge in [0.05, 0.1) is 25.1 Å². The Bertz CT molecular complexity index is 1630. The van der Waals surface area contributed by atoms with Crippen LogP contribution in [0, 0.1) is 11.8 Å². The van der Waals surface area contributed by atoms with Gasteiger partial charge in [-0.05, 0) is 41.2 Å². The van der Waals surface area contributed by atoms with E-state index in [-0.39, 0.29) is 29.3 Å². The van der Waals surface area contributed by atoms with Gasteiger partial charge in [-0.25, -0.2) is 0 Å². The lowest BCUT2D eigenvalue weighted by Gasteiger charge is -2.38. The second kappa shape index (κ2) is 11.7. The van der Waals surface area contributed by atoms with E-state index < -0.39 is 11.7 Å². The van der Waals surface area contributed by atoms with Crippen LogP contribution in [0.3, 0.4) is 0 Å². The van der Waals surface area contributed by atoms with E-state index >= 15 is 0 Å². The number of benzene rings is 3. The van der Waals surface area contributed by atoms with Crippen molar-refractivity contribution in [2.24, 2.45) is 11.8 Å². The molecule has 1 saturated heterocycles. The molecular formula is C36H40N4O4. The first-order valence-corrected chi connectivity index (χ1v) is 15.2. The quantitative estimate of drug-likeness (QED) is 0.234. The lowest BCUT2D eigenvalue weighted by atomic mass is 9.63. The second-order valence-corrected chi connectivity index (χ2v) is 12.4. The molecule has 3 heterocycles. The fourth-order valence-corrected chi connectivity index (χ4v) is 7.46. The highest BCUT2D eigenvalue weighted by molar-refractivity contribution is 6.07. The van der Waals surface area contributed by atoms with Crippen LogP contribution in [0.4, 0.5) is 5.69 Å². The van der Waals surface area contributed by atoms with E-state index in [9.17, 15) is 9.90 Å².